The van der Waals surface area contributed by atoms with Gasteiger partial charge in [-0.3, -0.25) is 4.72 Å². The summed E-state index contributed by atoms with van der Waals surface area (Å²) in [6, 6.07) is 3.92. The van der Waals surface area contributed by atoms with Crippen LogP contribution in [0.5, 0.6) is 0 Å². The SMILES string of the molecule is O=C(O)c1cc(Cl)cc(NS(=O)(=O)N2CCCCCC2)c1. The summed E-state index contributed by atoms with van der Waals surface area (Å²) in [6.45, 7) is 0.948. The van der Waals surface area contributed by atoms with Gasteiger partial charge in [-0.05, 0) is 31.0 Å². The molecule has 2 N–H and O–H groups in total. The molecule has 0 atom stereocenters. The van der Waals surface area contributed by atoms with E-state index >= 15 is 0 Å². The minimum atomic E-state index is -3.69. The molecule has 0 spiro atoms. The number of nitrogens with one attached hydrogen (secondary N) is 1. The zero-order chi connectivity index (χ0) is 15.5. The molecule has 0 amide bonds. The summed E-state index contributed by atoms with van der Waals surface area (Å²) >= 11 is 5.82. The third-order valence-corrected chi connectivity index (χ3v) is 5.05. The van der Waals surface area contributed by atoms with E-state index in [0.717, 1.165) is 25.7 Å². The normalized spacial score (nSPS) is 17.2. The van der Waals surface area contributed by atoms with Crippen LogP contribution in [-0.4, -0.2) is 36.9 Å². The molecular weight excluding hydrogens is 316 g/mol. The van der Waals surface area contributed by atoms with Gasteiger partial charge in [-0.2, -0.15) is 12.7 Å². The Balaban J connectivity index is 2.21. The molecule has 1 aliphatic heterocycles. The lowest BCUT2D eigenvalue weighted by atomic mass is 10.2. The van der Waals surface area contributed by atoms with Crippen LogP contribution in [0.1, 0.15) is 36.0 Å². The number of hydrogen-bond donors (Lipinski definition) is 2. The summed E-state index contributed by atoms with van der Waals surface area (Å²) in [5.74, 6) is -1.16. The van der Waals surface area contributed by atoms with E-state index in [9.17, 15) is 13.2 Å². The van der Waals surface area contributed by atoms with E-state index in [1.165, 1.54) is 22.5 Å². The van der Waals surface area contributed by atoms with E-state index in [4.69, 9.17) is 16.7 Å². The average molecular weight is 333 g/mol. The zero-order valence-electron chi connectivity index (χ0n) is 11.4. The number of benzene rings is 1. The van der Waals surface area contributed by atoms with Crippen molar-refractivity contribution in [1.82, 2.24) is 4.31 Å². The van der Waals surface area contributed by atoms with Crippen molar-refractivity contribution in [3.05, 3.63) is 28.8 Å². The minimum absolute atomic E-state index is 0.0592. The summed E-state index contributed by atoms with van der Waals surface area (Å²) in [7, 11) is -3.69. The monoisotopic (exact) mass is 332 g/mol. The van der Waals surface area contributed by atoms with E-state index in [0.29, 0.717) is 13.1 Å². The molecule has 0 saturated carbocycles. The number of rotatable bonds is 4. The van der Waals surface area contributed by atoms with E-state index in [1.54, 1.807) is 0 Å². The van der Waals surface area contributed by atoms with Gasteiger partial charge in [0.2, 0.25) is 0 Å². The topological polar surface area (TPSA) is 86.7 Å². The van der Waals surface area contributed by atoms with E-state index in [1.807, 2.05) is 0 Å². The molecule has 1 fully saturated rings. The molecular formula is C13H17ClN2O4S. The molecule has 2 rings (SSSR count). The summed E-state index contributed by atoms with van der Waals surface area (Å²) < 4.78 is 28.4. The van der Waals surface area contributed by atoms with Crippen LogP contribution in [-0.2, 0) is 10.2 Å². The molecule has 1 aliphatic rings. The lowest BCUT2D eigenvalue weighted by Gasteiger charge is -2.21. The maximum Gasteiger partial charge on any atom is 0.335 e. The minimum Gasteiger partial charge on any atom is -0.478 e. The maximum absolute atomic E-state index is 12.3. The highest BCUT2D eigenvalue weighted by atomic mass is 35.5. The number of aromatic carboxylic acids is 1. The predicted molar refractivity (Wildman–Crippen MR) is 81.0 cm³/mol. The Hall–Kier alpha value is -1.31. The Morgan fingerprint density at radius 3 is 2.33 bits per heavy atom. The molecule has 1 aromatic carbocycles. The third-order valence-electron chi connectivity index (χ3n) is 3.30. The second kappa shape index (κ2) is 6.64. The first kappa shape index (κ1) is 16.1. The summed E-state index contributed by atoms with van der Waals surface area (Å²) in [4.78, 5) is 11.0. The highest BCUT2D eigenvalue weighted by Gasteiger charge is 2.23. The lowest BCUT2D eigenvalue weighted by molar-refractivity contribution is 0.0697. The van der Waals surface area contributed by atoms with Gasteiger partial charge in [0.15, 0.2) is 0 Å². The Kier molecular flexibility index (Phi) is 5.08. The van der Waals surface area contributed by atoms with Gasteiger partial charge in [-0.15, -0.1) is 0 Å². The van der Waals surface area contributed by atoms with Crippen molar-refractivity contribution in [2.45, 2.75) is 25.7 Å². The zero-order valence-corrected chi connectivity index (χ0v) is 13.0. The molecule has 0 radical (unpaired) electrons. The first-order valence-electron chi connectivity index (χ1n) is 6.70. The number of anilines is 1. The molecule has 0 aliphatic carbocycles. The number of halogens is 1. The van der Waals surface area contributed by atoms with Crippen molar-refractivity contribution in [2.24, 2.45) is 0 Å². The molecule has 1 saturated heterocycles. The molecule has 1 aromatic rings. The van der Waals surface area contributed by atoms with Gasteiger partial charge in [0.05, 0.1) is 11.3 Å². The van der Waals surface area contributed by atoms with E-state index in [-0.39, 0.29) is 16.3 Å². The van der Waals surface area contributed by atoms with Crippen molar-refractivity contribution in [3.63, 3.8) is 0 Å². The van der Waals surface area contributed by atoms with Gasteiger partial charge in [-0.25, -0.2) is 4.79 Å². The Morgan fingerprint density at radius 1 is 1.14 bits per heavy atom. The third kappa shape index (κ3) is 4.33. The number of hydrogen-bond acceptors (Lipinski definition) is 3. The molecule has 0 bridgehead atoms. The van der Waals surface area contributed by atoms with Crippen LogP contribution in [0.2, 0.25) is 5.02 Å². The Labute approximate surface area is 128 Å². The van der Waals surface area contributed by atoms with Crippen LogP contribution in [0, 0.1) is 0 Å². The van der Waals surface area contributed by atoms with Gasteiger partial charge >= 0.3 is 16.2 Å². The van der Waals surface area contributed by atoms with Crippen LogP contribution in [0.3, 0.4) is 0 Å². The number of carboxylic acid groups (broad SMARTS) is 1. The molecule has 8 heteroatoms. The molecule has 116 valence electrons. The molecule has 21 heavy (non-hydrogen) atoms. The van der Waals surface area contributed by atoms with Crippen LogP contribution >= 0.6 is 11.6 Å². The second-order valence-corrected chi connectivity index (χ2v) is 7.06. The summed E-state index contributed by atoms with van der Waals surface area (Å²) in [5, 5.41) is 9.14. The first-order chi connectivity index (χ1) is 9.88. The average Bonchev–Trinajstić information content (AvgIpc) is 2.66. The molecule has 0 aromatic heterocycles. The molecule has 0 unspecified atom stereocenters. The molecule has 6 nitrogen and oxygen atoms in total. The van der Waals surface area contributed by atoms with Crippen LogP contribution < -0.4 is 4.72 Å². The maximum atomic E-state index is 12.3. The number of nitrogens with zero attached hydrogens (tertiary/aromatic N) is 1. The highest BCUT2D eigenvalue weighted by molar-refractivity contribution is 7.90. The number of carboxylic acids is 1. The van der Waals surface area contributed by atoms with Crippen molar-refractivity contribution < 1.29 is 18.3 Å². The number of carbonyl (C=O) groups is 1. The van der Waals surface area contributed by atoms with Gasteiger partial charge in [0, 0.05) is 18.1 Å². The quantitative estimate of drug-likeness (QED) is 0.887. The van der Waals surface area contributed by atoms with E-state index in [2.05, 4.69) is 4.72 Å². The summed E-state index contributed by atoms with van der Waals surface area (Å²) in [5.41, 5.74) is 0.0974. The van der Waals surface area contributed by atoms with Gasteiger partial charge < -0.3 is 5.11 Å². The van der Waals surface area contributed by atoms with Gasteiger partial charge in [0.25, 0.3) is 0 Å². The standard InChI is InChI=1S/C13H17ClN2O4S/c14-11-7-10(13(17)18)8-12(9-11)15-21(19,20)16-5-3-1-2-4-6-16/h7-9,15H,1-6H2,(H,17,18). The van der Waals surface area contributed by atoms with Crippen molar-refractivity contribution >= 4 is 33.5 Å². The molecule has 1 heterocycles. The van der Waals surface area contributed by atoms with Gasteiger partial charge in [-0.1, -0.05) is 24.4 Å². The van der Waals surface area contributed by atoms with Crippen LogP contribution in [0.4, 0.5) is 5.69 Å². The smallest absolute Gasteiger partial charge is 0.335 e. The Morgan fingerprint density at radius 2 is 1.76 bits per heavy atom. The Bertz CT molecular complexity index is 625. The fourth-order valence-corrected chi connectivity index (χ4v) is 3.79. The summed E-state index contributed by atoms with van der Waals surface area (Å²) in [6.07, 6.45) is 3.70. The highest BCUT2D eigenvalue weighted by Crippen LogP contribution is 2.22. The second-order valence-electron chi connectivity index (χ2n) is 4.95. The fourth-order valence-electron chi connectivity index (χ4n) is 2.27. The first-order valence-corrected chi connectivity index (χ1v) is 8.52. The van der Waals surface area contributed by atoms with Gasteiger partial charge in [0.1, 0.15) is 0 Å². The van der Waals surface area contributed by atoms with Crippen molar-refractivity contribution in [1.29, 1.82) is 0 Å². The largest absolute Gasteiger partial charge is 0.478 e. The van der Waals surface area contributed by atoms with E-state index < -0.39 is 16.2 Å². The predicted octanol–water partition coefficient (Wildman–Crippen LogP) is 2.57. The fraction of sp³-hybridized carbons (Fsp3) is 0.462. The van der Waals surface area contributed by atoms with Crippen LogP contribution in [0.25, 0.3) is 0 Å². The van der Waals surface area contributed by atoms with Crippen LogP contribution in [0.15, 0.2) is 18.2 Å². The lowest BCUT2D eigenvalue weighted by Crippen LogP contribution is -2.36. The van der Waals surface area contributed by atoms with Crippen molar-refractivity contribution in [3.8, 4) is 0 Å². The van der Waals surface area contributed by atoms with Crippen molar-refractivity contribution in [2.75, 3.05) is 17.8 Å².